The molecule has 0 aliphatic heterocycles. The van der Waals surface area contributed by atoms with Crippen molar-refractivity contribution in [3.8, 4) is 0 Å². The molecule has 0 heterocycles. The Hall–Kier alpha value is -1.05. The van der Waals surface area contributed by atoms with E-state index in [0.29, 0.717) is 13.0 Å². The fourth-order valence-corrected chi connectivity index (χ4v) is 5.70. The summed E-state index contributed by atoms with van der Waals surface area (Å²) < 4.78 is 5.43. The molecule has 42 heavy (non-hydrogen) atoms. The monoisotopic (exact) mass is 589 g/mol. The first-order valence-corrected chi connectivity index (χ1v) is 19.3. The molecule has 0 fully saturated rings. The normalized spacial score (nSPS) is 11.8. The Morgan fingerprint density at radius 1 is 0.405 bits per heavy atom. The number of hydrogen-bond donors (Lipinski definition) is 0. The SMILES string of the molecule is CCCCCCCC/C=C\C/C=C\CCCCCOC(=O)CCCCCCCCCCCCCCCCCCCCC. The van der Waals surface area contributed by atoms with Gasteiger partial charge in [-0.25, -0.2) is 0 Å². The van der Waals surface area contributed by atoms with E-state index >= 15 is 0 Å². The lowest BCUT2D eigenvalue weighted by molar-refractivity contribution is -0.143. The Morgan fingerprint density at radius 3 is 1.14 bits per heavy atom. The zero-order valence-electron chi connectivity index (χ0n) is 29.0. The van der Waals surface area contributed by atoms with Gasteiger partial charge in [-0.2, -0.15) is 0 Å². The molecule has 0 aromatic rings. The van der Waals surface area contributed by atoms with Gasteiger partial charge in [0.25, 0.3) is 0 Å². The van der Waals surface area contributed by atoms with Crippen LogP contribution in [0.2, 0.25) is 0 Å². The van der Waals surface area contributed by atoms with Gasteiger partial charge in [-0.3, -0.25) is 4.79 Å². The minimum absolute atomic E-state index is 0.00890. The third kappa shape index (κ3) is 37.0. The molecule has 0 N–H and O–H groups in total. The van der Waals surface area contributed by atoms with Crippen LogP contribution < -0.4 is 0 Å². The molecule has 2 heteroatoms. The highest BCUT2D eigenvalue weighted by molar-refractivity contribution is 5.69. The summed E-state index contributed by atoms with van der Waals surface area (Å²) in [6.07, 6.45) is 51.1. The van der Waals surface area contributed by atoms with Crippen LogP contribution in [0.15, 0.2) is 24.3 Å². The van der Waals surface area contributed by atoms with Gasteiger partial charge in [0.05, 0.1) is 6.61 Å². The third-order valence-electron chi connectivity index (χ3n) is 8.59. The summed E-state index contributed by atoms with van der Waals surface area (Å²) in [5.74, 6) is 0.00890. The quantitative estimate of drug-likeness (QED) is 0.0418. The van der Waals surface area contributed by atoms with Crippen LogP contribution in [0.1, 0.15) is 219 Å². The van der Waals surface area contributed by atoms with E-state index in [1.807, 2.05) is 0 Å². The molecule has 0 aromatic carbocycles. The van der Waals surface area contributed by atoms with Crippen LogP contribution in [-0.4, -0.2) is 12.6 Å². The van der Waals surface area contributed by atoms with Gasteiger partial charge >= 0.3 is 5.97 Å². The standard InChI is InChI=1S/C40H76O2/c1-3-5-7-9-11-13-15-17-19-21-22-23-24-26-28-30-32-34-36-38-40(41)42-39-37-35-33-31-29-27-25-20-18-16-14-12-10-8-6-4-2/h18,20,27,29H,3-17,19,21-26,28,30-39H2,1-2H3/b20-18-,29-27-. The van der Waals surface area contributed by atoms with Crippen molar-refractivity contribution in [2.75, 3.05) is 6.61 Å². The third-order valence-corrected chi connectivity index (χ3v) is 8.59. The van der Waals surface area contributed by atoms with Crippen molar-refractivity contribution in [2.45, 2.75) is 219 Å². The maximum Gasteiger partial charge on any atom is 0.305 e. The lowest BCUT2D eigenvalue weighted by Crippen LogP contribution is -2.05. The first-order chi connectivity index (χ1) is 20.8. The average Bonchev–Trinajstić information content (AvgIpc) is 3.00. The van der Waals surface area contributed by atoms with Gasteiger partial charge in [0.1, 0.15) is 0 Å². The molecule has 0 saturated carbocycles. The van der Waals surface area contributed by atoms with Crippen molar-refractivity contribution in [1.29, 1.82) is 0 Å². The lowest BCUT2D eigenvalue weighted by atomic mass is 10.0. The fourth-order valence-electron chi connectivity index (χ4n) is 5.70. The van der Waals surface area contributed by atoms with Crippen molar-refractivity contribution < 1.29 is 9.53 Å². The molecule has 2 nitrogen and oxygen atoms in total. The van der Waals surface area contributed by atoms with Gasteiger partial charge in [-0.1, -0.05) is 186 Å². The Bertz CT molecular complexity index is 564. The summed E-state index contributed by atoms with van der Waals surface area (Å²) in [6, 6.07) is 0. The summed E-state index contributed by atoms with van der Waals surface area (Å²) in [6.45, 7) is 5.17. The van der Waals surface area contributed by atoms with Crippen LogP contribution in [0.5, 0.6) is 0 Å². The molecule has 0 aliphatic carbocycles. The summed E-state index contributed by atoms with van der Waals surface area (Å²) in [5.41, 5.74) is 0. The molecular weight excluding hydrogens is 512 g/mol. The van der Waals surface area contributed by atoms with Crippen molar-refractivity contribution in [3.05, 3.63) is 24.3 Å². The van der Waals surface area contributed by atoms with Crippen LogP contribution in [0, 0.1) is 0 Å². The first-order valence-electron chi connectivity index (χ1n) is 19.3. The van der Waals surface area contributed by atoms with Gasteiger partial charge in [0.15, 0.2) is 0 Å². The number of esters is 1. The van der Waals surface area contributed by atoms with E-state index in [1.165, 1.54) is 167 Å². The summed E-state index contributed by atoms with van der Waals surface area (Å²) in [7, 11) is 0. The van der Waals surface area contributed by atoms with Crippen LogP contribution in [0.4, 0.5) is 0 Å². The number of rotatable bonds is 35. The number of hydrogen-bond acceptors (Lipinski definition) is 2. The van der Waals surface area contributed by atoms with Crippen molar-refractivity contribution in [1.82, 2.24) is 0 Å². The van der Waals surface area contributed by atoms with Crippen molar-refractivity contribution in [2.24, 2.45) is 0 Å². The second-order valence-electron chi connectivity index (χ2n) is 12.9. The highest BCUT2D eigenvalue weighted by Gasteiger charge is 2.02. The second-order valence-corrected chi connectivity index (χ2v) is 12.9. The molecular formula is C40H76O2. The Labute approximate surface area is 265 Å². The molecule has 0 atom stereocenters. The van der Waals surface area contributed by atoms with Crippen LogP contribution >= 0.6 is 0 Å². The van der Waals surface area contributed by atoms with Gasteiger partial charge < -0.3 is 4.74 Å². The predicted molar refractivity (Wildman–Crippen MR) is 188 cm³/mol. The molecule has 0 bridgehead atoms. The van der Waals surface area contributed by atoms with E-state index in [4.69, 9.17) is 4.74 Å². The first kappa shape index (κ1) is 41.0. The molecule has 0 unspecified atom stereocenters. The van der Waals surface area contributed by atoms with Gasteiger partial charge in [0.2, 0.25) is 0 Å². The summed E-state index contributed by atoms with van der Waals surface area (Å²) in [5, 5.41) is 0. The van der Waals surface area contributed by atoms with Gasteiger partial charge in [-0.05, 0) is 51.4 Å². The second kappa shape index (κ2) is 38.0. The number of unbranched alkanes of at least 4 members (excludes halogenated alkanes) is 27. The Balaban J connectivity index is 3.22. The zero-order chi connectivity index (χ0) is 30.4. The average molecular weight is 589 g/mol. The number of ether oxygens (including phenoxy) is 1. The van der Waals surface area contributed by atoms with Crippen LogP contribution in [0.3, 0.4) is 0 Å². The van der Waals surface area contributed by atoms with Crippen LogP contribution in [0.25, 0.3) is 0 Å². The van der Waals surface area contributed by atoms with E-state index in [0.717, 1.165) is 32.1 Å². The molecule has 248 valence electrons. The molecule has 0 spiro atoms. The Kier molecular flexibility index (Phi) is 37.0. The number of carbonyl (C=O) groups excluding carboxylic acids is 1. The van der Waals surface area contributed by atoms with Crippen molar-refractivity contribution >= 4 is 5.97 Å². The minimum atomic E-state index is 0.00890. The van der Waals surface area contributed by atoms with Gasteiger partial charge in [-0.15, -0.1) is 0 Å². The molecule has 0 saturated heterocycles. The van der Waals surface area contributed by atoms with E-state index in [9.17, 15) is 4.79 Å². The van der Waals surface area contributed by atoms with E-state index in [1.54, 1.807) is 0 Å². The van der Waals surface area contributed by atoms with E-state index in [-0.39, 0.29) is 5.97 Å². The molecule has 0 aliphatic rings. The molecule has 0 radical (unpaired) electrons. The summed E-state index contributed by atoms with van der Waals surface area (Å²) in [4.78, 5) is 11.9. The van der Waals surface area contributed by atoms with E-state index < -0.39 is 0 Å². The number of carbonyl (C=O) groups is 1. The zero-order valence-corrected chi connectivity index (χ0v) is 29.0. The smallest absolute Gasteiger partial charge is 0.305 e. The summed E-state index contributed by atoms with van der Waals surface area (Å²) >= 11 is 0. The maximum absolute atomic E-state index is 11.9. The number of allylic oxidation sites excluding steroid dienone is 4. The maximum atomic E-state index is 11.9. The molecule has 0 rings (SSSR count). The van der Waals surface area contributed by atoms with E-state index in [2.05, 4.69) is 38.2 Å². The highest BCUT2D eigenvalue weighted by Crippen LogP contribution is 2.15. The largest absolute Gasteiger partial charge is 0.466 e. The fraction of sp³-hybridized carbons (Fsp3) is 0.875. The van der Waals surface area contributed by atoms with Crippen LogP contribution in [-0.2, 0) is 9.53 Å². The van der Waals surface area contributed by atoms with Crippen molar-refractivity contribution in [3.63, 3.8) is 0 Å². The molecule has 0 aromatic heterocycles. The minimum Gasteiger partial charge on any atom is -0.466 e. The predicted octanol–water partition coefficient (Wildman–Crippen LogP) is 14.2. The topological polar surface area (TPSA) is 26.3 Å². The van der Waals surface area contributed by atoms with Gasteiger partial charge in [0, 0.05) is 6.42 Å². The Morgan fingerprint density at radius 2 is 0.738 bits per heavy atom. The lowest BCUT2D eigenvalue weighted by Gasteiger charge is -2.05. The highest BCUT2D eigenvalue weighted by atomic mass is 16.5. The molecule has 0 amide bonds.